The van der Waals surface area contributed by atoms with Gasteiger partial charge in [0.15, 0.2) is 0 Å². The first-order valence-electron chi connectivity index (χ1n) is 6.51. The maximum absolute atomic E-state index is 12.5. The molecular weight excluding hydrogens is 276 g/mol. The highest BCUT2D eigenvalue weighted by Gasteiger charge is 2.20. The predicted octanol–water partition coefficient (Wildman–Crippen LogP) is 2.73. The van der Waals surface area contributed by atoms with Crippen LogP contribution >= 0.6 is 11.6 Å². The van der Waals surface area contributed by atoms with Gasteiger partial charge in [0.1, 0.15) is 10.8 Å². The molecule has 20 heavy (non-hydrogen) atoms. The molecule has 0 unspecified atom stereocenters. The fourth-order valence-electron chi connectivity index (χ4n) is 2.11. The molecule has 0 fully saturated rings. The van der Waals surface area contributed by atoms with E-state index in [0.29, 0.717) is 10.8 Å². The van der Waals surface area contributed by atoms with Crippen LogP contribution in [0.4, 0.5) is 0 Å². The second-order valence-corrected chi connectivity index (χ2v) is 5.19. The fourth-order valence-corrected chi connectivity index (χ4v) is 2.38. The maximum atomic E-state index is 12.5. The summed E-state index contributed by atoms with van der Waals surface area (Å²) in [6.45, 7) is 4.00. The average molecular weight is 293 g/mol. The number of carbonyl (C=O) groups excluding carboxylic acids is 1. The molecule has 0 bridgehead atoms. The Morgan fingerprint density at radius 3 is 2.75 bits per heavy atom. The van der Waals surface area contributed by atoms with Crippen LogP contribution in [0, 0.1) is 0 Å². The second-order valence-electron chi connectivity index (χ2n) is 4.84. The van der Waals surface area contributed by atoms with Gasteiger partial charge in [0, 0.05) is 18.0 Å². The summed E-state index contributed by atoms with van der Waals surface area (Å²) in [5, 5.41) is 11.1. The molecule has 2 rings (SSSR count). The SMILES string of the molecule is CC(C)N(CCO)C(=O)c1cc2ccccc2c(Cl)n1. The van der Waals surface area contributed by atoms with Gasteiger partial charge in [-0.05, 0) is 25.3 Å². The Balaban J connectivity index is 2.44. The Hall–Kier alpha value is -1.65. The van der Waals surface area contributed by atoms with E-state index in [2.05, 4.69) is 4.98 Å². The molecule has 1 aromatic carbocycles. The zero-order valence-electron chi connectivity index (χ0n) is 11.5. The van der Waals surface area contributed by atoms with Crippen molar-refractivity contribution >= 4 is 28.3 Å². The van der Waals surface area contributed by atoms with Crippen molar-refractivity contribution in [3.05, 3.63) is 41.2 Å². The third kappa shape index (κ3) is 2.92. The highest BCUT2D eigenvalue weighted by molar-refractivity contribution is 6.34. The summed E-state index contributed by atoms with van der Waals surface area (Å²) in [4.78, 5) is 18.2. The Labute approximate surface area is 123 Å². The molecule has 1 amide bonds. The van der Waals surface area contributed by atoms with Gasteiger partial charge in [-0.3, -0.25) is 4.79 Å². The molecule has 1 N–H and O–H groups in total. The van der Waals surface area contributed by atoms with E-state index in [1.54, 1.807) is 11.0 Å². The molecule has 0 saturated heterocycles. The quantitative estimate of drug-likeness (QED) is 0.882. The fraction of sp³-hybridized carbons (Fsp3) is 0.333. The van der Waals surface area contributed by atoms with E-state index in [9.17, 15) is 4.79 Å². The van der Waals surface area contributed by atoms with Gasteiger partial charge in [-0.1, -0.05) is 35.9 Å². The number of halogens is 1. The number of hydrogen-bond acceptors (Lipinski definition) is 3. The Bertz CT molecular complexity index is 628. The van der Waals surface area contributed by atoms with Crippen molar-refractivity contribution in [2.24, 2.45) is 0 Å². The molecule has 0 aliphatic carbocycles. The molecule has 1 aromatic heterocycles. The van der Waals surface area contributed by atoms with Crippen molar-refractivity contribution in [2.75, 3.05) is 13.2 Å². The topological polar surface area (TPSA) is 53.4 Å². The molecule has 0 spiro atoms. The lowest BCUT2D eigenvalue weighted by Crippen LogP contribution is -2.39. The monoisotopic (exact) mass is 292 g/mol. The molecule has 1 heterocycles. The molecule has 0 aliphatic rings. The van der Waals surface area contributed by atoms with Crippen molar-refractivity contribution in [3.8, 4) is 0 Å². The standard InChI is InChI=1S/C15H17ClN2O2/c1-10(2)18(7-8-19)15(20)13-9-11-5-3-4-6-12(11)14(16)17-13/h3-6,9-10,19H,7-8H2,1-2H3. The molecule has 5 heteroatoms. The van der Waals surface area contributed by atoms with Crippen molar-refractivity contribution in [2.45, 2.75) is 19.9 Å². The number of rotatable bonds is 4. The number of aliphatic hydroxyl groups is 1. The molecule has 106 valence electrons. The van der Waals surface area contributed by atoms with Gasteiger partial charge in [0.05, 0.1) is 6.61 Å². The van der Waals surface area contributed by atoms with E-state index in [-0.39, 0.29) is 25.1 Å². The Morgan fingerprint density at radius 2 is 2.10 bits per heavy atom. The number of aliphatic hydroxyl groups excluding tert-OH is 1. The summed E-state index contributed by atoms with van der Waals surface area (Å²) in [5.41, 5.74) is 0.302. The van der Waals surface area contributed by atoms with Crippen molar-refractivity contribution in [1.29, 1.82) is 0 Å². The van der Waals surface area contributed by atoms with Crippen LogP contribution in [-0.2, 0) is 0 Å². The second kappa shape index (κ2) is 6.20. The zero-order valence-corrected chi connectivity index (χ0v) is 12.3. The lowest BCUT2D eigenvalue weighted by Gasteiger charge is -2.25. The van der Waals surface area contributed by atoms with Crippen LogP contribution in [0.15, 0.2) is 30.3 Å². The van der Waals surface area contributed by atoms with Crippen LogP contribution in [0.3, 0.4) is 0 Å². The molecule has 2 aromatic rings. The molecule has 0 atom stereocenters. The Morgan fingerprint density at radius 1 is 1.40 bits per heavy atom. The number of fused-ring (bicyclic) bond motifs is 1. The molecule has 4 nitrogen and oxygen atoms in total. The first-order valence-corrected chi connectivity index (χ1v) is 6.89. The third-order valence-electron chi connectivity index (χ3n) is 3.14. The van der Waals surface area contributed by atoms with Gasteiger partial charge in [-0.25, -0.2) is 4.98 Å². The summed E-state index contributed by atoms with van der Waals surface area (Å²) >= 11 is 6.14. The molecule has 0 saturated carbocycles. The lowest BCUT2D eigenvalue weighted by molar-refractivity contribution is 0.0659. The number of carbonyl (C=O) groups is 1. The number of nitrogens with zero attached hydrogens (tertiary/aromatic N) is 2. The largest absolute Gasteiger partial charge is 0.395 e. The summed E-state index contributed by atoms with van der Waals surface area (Å²) in [7, 11) is 0. The number of aromatic nitrogens is 1. The van der Waals surface area contributed by atoms with Crippen LogP contribution in [0.5, 0.6) is 0 Å². The highest BCUT2D eigenvalue weighted by atomic mass is 35.5. The summed E-state index contributed by atoms with van der Waals surface area (Å²) < 4.78 is 0. The van der Waals surface area contributed by atoms with Gasteiger partial charge in [0.2, 0.25) is 0 Å². The van der Waals surface area contributed by atoms with Crippen LogP contribution in [0.1, 0.15) is 24.3 Å². The van der Waals surface area contributed by atoms with Crippen molar-refractivity contribution < 1.29 is 9.90 Å². The van der Waals surface area contributed by atoms with Gasteiger partial charge in [-0.15, -0.1) is 0 Å². The number of benzene rings is 1. The van der Waals surface area contributed by atoms with Gasteiger partial charge >= 0.3 is 0 Å². The van der Waals surface area contributed by atoms with E-state index in [1.807, 2.05) is 38.1 Å². The van der Waals surface area contributed by atoms with E-state index in [0.717, 1.165) is 10.8 Å². The first kappa shape index (κ1) is 14.8. The Kier molecular flexibility index (Phi) is 4.57. The molecule has 0 aliphatic heterocycles. The van der Waals surface area contributed by atoms with Crippen LogP contribution in [0.2, 0.25) is 5.15 Å². The van der Waals surface area contributed by atoms with Crippen LogP contribution in [-0.4, -0.2) is 40.1 Å². The normalized spacial score (nSPS) is 11.1. The maximum Gasteiger partial charge on any atom is 0.272 e. The van der Waals surface area contributed by atoms with Gasteiger partial charge < -0.3 is 10.0 Å². The number of pyridine rings is 1. The van der Waals surface area contributed by atoms with E-state index in [1.165, 1.54) is 0 Å². The number of amides is 1. The molecule has 0 radical (unpaired) electrons. The number of hydrogen-bond donors (Lipinski definition) is 1. The minimum atomic E-state index is -0.221. The highest BCUT2D eigenvalue weighted by Crippen LogP contribution is 2.23. The van der Waals surface area contributed by atoms with Crippen molar-refractivity contribution in [1.82, 2.24) is 9.88 Å². The van der Waals surface area contributed by atoms with Crippen molar-refractivity contribution in [3.63, 3.8) is 0 Å². The minimum Gasteiger partial charge on any atom is -0.395 e. The van der Waals surface area contributed by atoms with E-state index < -0.39 is 0 Å². The average Bonchev–Trinajstić information content (AvgIpc) is 2.43. The zero-order chi connectivity index (χ0) is 14.7. The molecular formula is C15H17ClN2O2. The summed E-state index contributed by atoms with van der Waals surface area (Å²) in [5.74, 6) is -0.221. The summed E-state index contributed by atoms with van der Waals surface area (Å²) in [6.07, 6.45) is 0. The first-order chi connectivity index (χ1) is 9.54. The van der Waals surface area contributed by atoms with E-state index >= 15 is 0 Å². The van der Waals surface area contributed by atoms with E-state index in [4.69, 9.17) is 16.7 Å². The third-order valence-corrected chi connectivity index (χ3v) is 3.43. The van der Waals surface area contributed by atoms with Crippen LogP contribution in [0.25, 0.3) is 10.8 Å². The smallest absolute Gasteiger partial charge is 0.272 e. The summed E-state index contributed by atoms with van der Waals surface area (Å²) in [6, 6.07) is 9.25. The van der Waals surface area contributed by atoms with Crippen LogP contribution < -0.4 is 0 Å². The van der Waals surface area contributed by atoms with Gasteiger partial charge in [0.25, 0.3) is 5.91 Å². The predicted molar refractivity (Wildman–Crippen MR) is 80.0 cm³/mol. The minimum absolute atomic E-state index is 0.0123. The lowest BCUT2D eigenvalue weighted by atomic mass is 10.1. The van der Waals surface area contributed by atoms with Gasteiger partial charge in [-0.2, -0.15) is 0 Å².